The van der Waals surface area contributed by atoms with Crippen LogP contribution in [0.5, 0.6) is 5.75 Å². The van der Waals surface area contributed by atoms with Crippen molar-refractivity contribution in [3.05, 3.63) is 76.1 Å². The number of ketones is 1. The monoisotopic (exact) mass is 380 g/mol. The SMILES string of the molecule is CC(=O)CCc1ccccc1.CCC(=O)Oc1ccc2c(C)cc(=O)oc2c1. The van der Waals surface area contributed by atoms with Gasteiger partial charge in [0.1, 0.15) is 17.1 Å². The highest BCUT2D eigenvalue weighted by Crippen LogP contribution is 2.22. The number of hydrogen-bond donors (Lipinski definition) is 0. The van der Waals surface area contributed by atoms with Gasteiger partial charge in [-0.25, -0.2) is 4.79 Å². The van der Waals surface area contributed by atoms with Gasteiger partial charge in [-0.15, -0.1) is 0 Å². The minimum absolute atomic E-state index is 0.258. The minimum atomic E-state index is -0.408. The third kappa shape index (κ3) is 6.50. The van der Waals surface area contributed by atoms with Gasteiger partial charge in [0.15, 0.2) is 0 Å². The molecule has 0 saturated heterocycles. The Balaban J connectivity index is 0.000000221. The van der Waals surface area contributed by atoms with E-state index in [0.717, 1.165) is 17.4 Å². The van der Waals surface area contributed by atoms with E-state index < -0.39 is 5.63 Å². The van der Waals surface area contributed by atoms with Crippen molar-refractivity contribution >= 4 is 22.7 Å². The van der Waals surface area contributed by atoms with Crippen LogP contribution in [0.2, 0.25) is 0 Å². The number of rotatable bonds is 5. The lowest BCUT2D eigenvalue weighted by Crippen LogP contribution is -2.05. The van der Waals surface area contributed by atoms with Gasteiger partial charge in [0.05, 0.1) is 0 Å². The van der Waals surface area contributed by atoms with Crippen molar-refractivity contribution < 1.29 is 18.7 Å². The van der Waals surface area contributed by atoms with Crippen LogP contribution in [0.15, 0.2) is 63.8 Å². The Kier molecular flexibility index (Phi) is 7.69. The van der Waals surface area contributed by atoms with E-state index in [4.69, 9.17) is 9.15 Å². The maximum Gasteiger partial charge on any atom is 0.336 e. The molecule has 1 aromatic heterocycles. The number of ether oxygens (including phenoxy) is 1. The number of aryl methyl sites for hydroxylation is 2. The molecule has 0 aliphatic carbocycles. The van der Waals surface area contributed by atoms with Gasteiger partial charge in [-0.2, -0.15) is 0 Å². The fraction of sp³-hybridized carbons (Fsp3) is 0.261. The molecule has 0 atom stereocenters. The summed E-state index contributed by atoms with van der Waals surface area (Å²) in [5.41, 5.74) is 2.10. The smallest absolute Gasteiger partial charge is 0.336 e. The Morgan fingerprint density at radius 2 is 1.75 bits per heavy atom. The standard InChI is InChI=1S/C13H12O4.C10H12O/c1-3-12(14)16-9-4-5-10-8(2)6-13(15)17-11(10)7-9;1-9(11)7-8-10-5-3-2-4-6-10/h4-7H,3H2,1-2H3;2-6H,7-8H2,1H3. The van der Waals surface area contributed by atoms with Crippen molar-refractivity contribution in [2.45, 2.75) is 40.0 Å². The van der Waals surface area contributed by atoms with Crippen LogP contribution in [0.4, 0.5) is 0 Å². The molecule has 28 heavy (non-hydrogen) atoms. The predicted octanol–water partition coefficient (Wildman–Crippen LogP) is 4.63. The summed E-state index contributed by atoms with van der Waals surface area (Å²) < 4.78 is 10.1. The van der Waals surface area contributed by atoms with Crippen LogP contribution < -0.4 is 10.4 Å². The highest BCUT2D eigenvalue weighted by Gasteiger charge is 2.06. The zero-order chi connectivity index (χ0) is 20.5. The van der Waals surface area contributed by atoms with Crippen molar-refractivity contribution in [1.29, 1.82) is 0 Å². The van der Waals surface area contributed by atoms with Crippen LogP contribution in [0.25, 0.3) is 11.0 Å². The highest BCUT2D eigenvalue weighted by molar-refractivity contribution is 5.82. The summed E-state index contributed by atoms with van der Waals surface area (Å²) in [7, 11) is 0. The summed E-state index contributed by atoms with van der Waals surface area (Å²) in [5, 5.41) is 0.834. The van der Waals surface area contributed by atoms with Gasteiger partial charge in [-0.3, -0.25) is 4.79 Å². The average Bonchev–Trinajstić information content (AvgIpc) is 2.67. The fourth-order valence-electron chi connectivity index (χ4n) is 2.54. The molecule has 0 spiro atoms. The lowest BCUT2D eigenvalue weighted by atomic mass is 10.1. The number of benzene rings is 2. The first kappa shape index (κ1) is 21.1. The number of carbonyl (C=O) groups is 2. The van der Waals surface area contributed by atoms with Gasteiger partial charge in [0, 0.05) is 30.4 Å². The quantitative estimate of drug-likeness (QED) is 0.367. The zero-order valence-corrected chi connectivity index (χ0v) is 16.4. The Bertz CT molecular complexity index is 1000. The molecule has 5 nitrogen and oxygen atoms in total. The van der Waals surface area contributed by atoms with Gasteiger partial charge >= 0.3 is 11.6 Å². The fourth-order valence-corrected chi connectivity index (χ4v) is 2.54. The van der Waals surface area contributed by atoms with Gasteiger partial charge in [-0.05, 0) is 43.5 Å². The number of Topliss-reactive ketones (excluding diaryl/α,β-unsaturated/α-hetero) is 1. The number of hydrogen-bond acceptors (Lipinski definition) is 5. The van der Waals surface area contributed by atoms with Gasteiger partial charge in [0.25, 0.3) is 0 Å². The summed E-state index contributed by atoms with van der Waals surface area (Å²) in [4.78, 5) is 33.0. The van der Waals surface area contributed by atoms with Crippen molar-refractivity contribution in [3.63, 3.8) is 0 Å². The van der Waals surface area contributed by atoms with E-state index in [1.165, 1.54) is 11.6 Å². The highest BCUT2D eigenvalue weighted by atomic mass is 16.5. The van der Waals surface area contributed by atoms with Crippen molar-refractivity contribution in [2.75, 3.05) is 0 Å². The Morgan fingerprint density at radius 1 is 1.04 bits per heavy atom. The molecule has 146 valence electrons. The van der Waals surface area contributed by atoms with Crippen molar-refractivity contribution in [2.24, 2.45) is 0 Å². The summed E-state index contributed by atoms with van der Waals surface area (Å²) in [5.74, 6) is 0.325. The molecule has 0 fully saturated rings. The summed E-state index contributed by atoms with van der Waals surface area (Å²) in [6, 6.07) is 16.5. The van der Waals surface area contributed by atoms with Crippen LogP contribution >= 0.6 is 0 Å². The van der Waals surface area contributed by atoms with Gasteiger partial charge in [-0.1, -0.05) is 37.3 Å². The van der Waals surface area contributed by atoms with E-state index in [1.807, 2.05) is 37.3 Å². The minimum Gasteiger partial charge on any atom is -0.426 e. The molecule has 0 radical (unpaired) electrons. The molecule has 3 aromatic rings. The largest absolute Gasteiger partial charge is 0.426 e. The molecule has 0 amide bonds. The van der Waals surface area contributed by atoms with Crippen LogP contribution in [0, 0.1) is 6.92 Å². The van der Waals surface area contributed by atoms with Crippen LogP contribution in [0.3, 0.4) is 0 Å². The van der Waals surface area contributed by atoms with E-state index in [2.05, 4.69) is 0 Å². The van der Waals surface area contributed by atoms with Crippen LogP contribution in [-0.4, -0.2) is 11.8 Å². The second kappa shape index (κ2) is 10.2. The molecule has 2 aromatic carbocycles. The molecule has 0 aliphatic rings. The molecule has 0 aliphatic heterocycles. The topological polar surface area (TPSA) is 73.6 Å². The van der Waals surface area contributed by atoms with E-state index in [1.54, 1.807) is 32.0 Å². The lowest BCUT2D eigenvalue weighted by molar-refractivity contribution is -0.134. The van der Waals surface area contributed by atoms with E-state index in [9.17, 15) is 14.4 Å². The van der Waals surface area contributed by atoms with Gasteiger partial charge in [0.2, 0.25) is 0 Å². The summed E-state index contributed by atoms with van der Waals surface area (Å²) >= 11 is 0. The molecule has 0 saturated carbocycles. The normalized spacial score (nSPS) is 10.1. The molecular weight excluding hydrogens is 356 g/mol. The van der Waals surface area contributed by atoms with Gasteiger partial charge < -0.3 is 13.9 Å². The molecule has 0 bridgehead atoms. The van der Waals surface area contributed by atoms with Crippen LogP contribution in [0.1, 0.15) is 37.8 Å². The van der Waals surface area contributed by atoms with Crippen LogP contribution in [-0.2, 0) is 16.0 Å². The Labute approximate surface area is 163 Å². The molecular formula is C23H24O5. The number of esters is 1. The van der Waals surface area contributed by atoms with E-state index in [0.29, 0.717) is 24.2 Å². The molecule has 0 N–H and O–H groups in total. The third-order valence-corrected chi connectivity index (χ3v) is 4.05. The number of carbonyl (C=O) groups excluding carboxylic acids is 2. The molecule has 5 heteroatoms. The average molecular weight is 380 g/mol. The second-order valence-corrected chi connectivity index (χ2v) is 6.42. The zero-order valence-electron chi connectivity index (χ0n) is 16.4. The maximum absolute atomic E-state index is 11.2. The third-order valence-electron chi connectivity index (χ3n) is 4.05. The Hall–Kier alpha value is -3.21. The first-order chi connectivity index (χ1) is 13.4. The maximum atomic E-state index is 11.2. The van der Waals surface area contributed by atoms with E-state index in [-0.39, 0.29) is 11.8 Å². The van der Waals surface area contributed by atoms with Crippen molar-refractivity contribution in [3.8, 4) is 5.75 Å². The molecule has 1 heterocycles. The molecule has 3 rings (SSSR count). The van der Waals surface area contributed by atoms with Crippen molar-refractivity contribution in [1.82, 2.24) is 0 Å². The summed E-state index contributed by atoms with van der Waals surface area (Å²) in [6.07, 6.45) is 1.83. The lowest BCUT2D eigenvalue weighted by Gasteiger charge is -2.04. The summed E-state index contributed by atoms with van der Waals surface area (Å²) in [6.45, 7) is 5.17. The first-order valence-corrected chi connectivity index (χ1v) is 9.17. The second-order valence-electron chi connectivity index (χ2n) is 6.42. The predicted molar refractivity (Wildman–Crippen MR) is 109 cm³/mol. The first-order valence-electron chi connectivity index (χ1n) is 9.17. The Morgan fingerprint density at radius 3 is 2.39 bits per heavy atom. The molecule has 0 unspecified atom stereocenters. The van der Waals surface area contributed by atoms with E-state index >= 15 is 0 Å². The number of fused-ring (bicyclic) bond motifs is 1.